The SMILES string of the molecule is COC(=O)c1ccc(NC(=O)C(C)SC2=NC(=O)CS2)cc1. The molecule has 0 fully saturated rings. The van der Waals surface area contributed by atoms with Gasteiger partial charge in [-0.05, 0) is 31.2 Å². The summed E-state index contributed by atoms with van der Waals surface area (Å²) >= 11 is 2.60. The van der Waals surface area contributed by atoms with Gasteiger partial charge < -0.3 is 10.1 Å². The fraction of sp³-hybridized carbons (Fsp3) is 0.286. The molecule has 1 heterocycles. The Morgan fingerprint density at radius 3 is 2.59 bits per heavy atom. The van der Waals surface area contributed by atoms with Crippen LogP contribution in [0.5, 0.6) is 0 Å². The van der Waals surface area contributed by atoms with Gasteiger partial charge in [0, 0.05) is 5.69 Å². The van der Waals surface area contributed by atoms with Gasteiger partial charge in [-0.1, -0.05) is 23.5 Å². The molecule has 1 aromatic carbocycles. The smallest absolute Gasteiger partial charge is 0.337 e. The summed E-state index contributed by atoms with van der Waals surface area (Å²) < 4.78 is 5.23. The van der Waals surface area contributed by atoms with Gasteiger partial charge >= 0.3 is 5.97 Å². The van der Waals surface area contributed by atoms with Crippen molar-refractivity contribution in [3.05, 3.63) is 29.8 Å². The summed E-state index contributed by atoms with van der Waals surface area (Å²) in [5, 5.41) is 2.37. The number of hydrogen-bond donors (Lipinski definition) is 1. The molecule has 1 aliphatic rings. The standard InChI is InChI=1S/C14H14N2O4S2/c1-8(22-14-16-11(17)7-21-14)12(18)15-10-5-3-9(4-6-10)13(19)20-2/h3-6,8H,7H2,1-2H3,(H,15,18). The fourth-order valence-corrected chi connectivity index (χ4v) is 3.59. The number of nitrogens with zero attached hydrogens (tertiary/aromatic N) is 1. The number of esters is 1. The van der Waals surface area contributed by atoms with E-state index in [0.29, 0.717) is 21.4 Å². The molecule has 6 nitrogen and oxygen atoms in total. The van der Waals surface area contributed by atoms with E-state index in [0.717, 1.165) is 0 Å². The van der Waals surface area contributed by atoms with Gasteiger partial charge in [-0.3, -0.25) is 9.59 Å². The van der Waals surface area contributed by atoms with Crippen molar-refractivity contribution >= 4 is 51.4 Å². The van der Waals surface area contributed by atoms with Crippen LogP contribution in [0.2, 0.25) is 0 Å². The summed E-state index contributed by atoms with van der Waals surface area (Å²) in [6.07, 6.45) is 0. The van der Waals surface area contributed by atoms with Crippen LogP contribution < -0.4 is 5.32 Å². The molecule has 0 aromatic heterocycles. The number of nitrogens with one attached hydrogen (secondary N) is 1. The molecule has 0 radical (unpaired) electrons. The molecule has 0 spiro atoms. The van der Waals surface area contributed by atoms with Crippen molar-refractivity contribution in [2.75, 3.05) is 18.2 Å². The van der Waals surface area contributed by atoms with Gasteiger partial charge in [-0.25, -0.2) is 4.79 Å². The van der Waals surface area contributed by atoms with Gasteiger partial charge in [0.2, 0.25) is 5.91 Å². The van der Waals surface area contributed by atoms with E-state index >= 15 is 0 Å². The summed E-state index contributed by atoms with van der Waals surface area (Å²) in [6.45, 7) is 1.74. The molecular formula is C14H14N2O4S2. The lowest BCUT2D eigenvalue weighted by Gasteiger charge is -2.11. The maximum atomic E-state index is 12.1. The third kappa shape index (κ3) is 4.35. The Kier molecular flexibility index (Phi) is 5.62. The number of carbonyl (C=O) groups is 3. The van der Waals surface area contributed by atoms with E-state index in [1.807, 2.05) is 0 Å². The van der Waals surface area contributed by atoms with Crippen molar-refractivity contribution < 1.29 is 19.1 Å². The highest BCUT2D eigenvalue weighted by molar-refractivity contribution is 8.39. The normalized spacial score (nSPS) is 15.2. The Labute approximate surface area is 136 Å². The van der Waals surface area contributed by atoms with Crippen molar-refractivity contribution in [1.29, 1.82) is 0 Å². The molecule has 0 aliphatic carbocycles. The van der Waals surface area contributed by atoms with Crippen LogP contribution in [0.3, 0.4) is 0 Å². The number of carbonyl (C=O) groups excluding carboxylic acids is 3. The van der Waals surface area contributed by atoms with Crippen LogP contribution in [-0.4, -0.2) is 40.3 Å². The number of aliphatic imine (C=N–C) groups is 1. The summed E-state index contributed by atoms with van der Waals surface area (Å²) in [5.41, 5.74) is 1.00. The first kappa shape index (κ1) is 16.6. The number of benzene rings is 1. The zero-order chi connectivity index (χ0) is 16.1. The van der Waals surface area contributed by atoms with E-state index in [4.69, 9.17) is 0 Å². The number of methoxy groups -OCH3 is 1. The fourth-order valence-electron chi connectivity index (χ4n) is 1.61. The predicted molar refractivity (Wildman–Crippen MR) is 88.4 cm³/mol. The Bertz CT molecular complexity index is 628. The maximum absolute atomic E-state index is 12.1. The Balaban J connectivity index is 1.92. The number of anilines is 1. The van der Waals surface area contributed by atoms with Crippen LogP contribution in [-0.2, 0) is 14.3 Å². The minimum absolute atomic E-state index is 0.168. The first-order chi connectivity index (χ1) is 10.5. The molecule has 8 heteroatoms. The second-order valence-electron chi connectivity index (χ2n) is 4.38. The molecule has 0 saturated carbocycles. The minimum Gasteiger partial charge on any atom is -0.465 e. The predicted octanol–water partition coefficient (Wildman–Crippen LogP) is 2.16. The van der Waals surface area contributed by atoms with E-state index in [1.165, 1.54) is 30.6 Å². The average Bonchev–Trinajstić information content (AvgIpc) is 2.92. The first-order valence-electron chi connectivity index (χ1n) is 6.40. The molecule has 1 aliphatic heterocycles. The highest BCUT2D eigenvalue weighted by Crippen LogP contribution is 2.27. The molecule has 0 bridgehead atoms. The molecule has 1 aromatic rings. The molecule has 2 amide bonds. The van der Waals surface area contributed by atoms with Crippen LogP contribution in [0.4, 0.5) is 5.69 Å². The topological polar surface area (TPSA) is 84.8 Å². The van der Waals surface area contributed by atoms with Crippen LogP contribution in [0.25, 0.3) is 0 Å². The van der Waals surface area contributed by atoms with Gasteiger partial charge in [0.05, 0.1) is 23.7 Å². The average molecular weight is 338 g/mol. The summed E-state index contributed by atoms with van der Waals surface area (Å²) in [4.78, 5) is 38.3. The highest BCUT2D eigenvalue weighted by Gasteiger charge is 2.22. The van der Waals surface area contributed by atoms with Gasteiger partial charge in [-0.2, -0.15) is 4.99 Å². The lowest BCUT2D eigenvalue weighted by atomic mass is 10.2. The quantitative estimate of drug-likeness (QED) is 0.847. The lowest BCUT2D eigenvalue weighted by molar-refractivity contribution is -0.116. The van der Waals surface area contributed by atoms with Gasteiger partial charge in [0.1, 0.15) is 4.38 Å². The lowest BCUT2D eigenvalue weighted by Crippen LogP contribution is -2.23. The van der Waals surface area contributed by atoms with Crippen molar-refractivity contribution in [3.8, 4) is 0 Å². The van der Waals surface area contributed by atoms with Crippen molar-refractivity contribution in [3.63, 3.8) is 0 Å². The molecule has 1 N–H and O–H groups in total. The Morgan fingerprint density at radius 2 is 2.05 bits per heavy atom. The van der Waals surface area contributed by atoms with Crippen molar-refractivity contribution in [2.45, 2.75) is 12.2 Å². The third-order valence-electron chi connectivity index (χ3n) is 2.76. The van der Waals surface area contributed by atoms with Crippen molar-refractivity contribution in [2.24, 2.45) is 4.99 Å². The minimum atomic E-state index is -0.428. The zero-order valence-corrected chi connectivity index (χ0v) is 13.6. The van der Waals surface area contributed by atoms with E-state index in [1.54, 1.807) is 31.2 Å². The highest BCUT2D eigenvalue weighted by atomic mass is 32.2. The van der Waals surface area contributed by atoms with Crippen LogP contribution in [0.15, 0.2) is 29.3 Å². The monoisotopic (exact) mass is 338 g/mol. The van der Waals surface area contributed by atoms with Gasteiger partial charge in [-0.15, -0.1) is 0 Å². The number of amides is 2. The molecular weight excluding hydrogens is 324 g/mol. The maximum Gasteiger partial charge on any atom is 0.337 e. The number of rotatable bonds is 4. The van der Waals surface area contributed by atoms with Gasteiger partial charge in [0.25, 0.3) is 5.91 Å². The van der Waals surface area contributed by atoms with Crippen LogP contribution >= 0.6 is 23.5 Å². The second kappa shape index (κ2) is 7.46. The second-order valence-corrected chi connectivity index (χ2v) is 6.93. The van der Waals surface area contributed by atoms with Gasteiger partial charge in [0.15, 0.2) is 0 Å². The number of thioether (sulfide) groups is 2. The van der Waals surface area contributed by atoms with Crippen LogP contribution in [0, 0.1) is 0 Å². The molecule has 1 atom stereocenters. The number of ether oxygens (including phenoxy) is 1. The summed E-state index contributed by atoms with van der Waals surface area (Å²) in [7, 11) is 1.31. The molecule has 1 unspecified atom stereocenters. The van der Waals surface area contributed by atoms with E-state index in [9.17, 15) is 14.4 Å². The van der Waals surface area contributed by atoms with E-state index < -0.39 is 5.97 Å². The molecule has 22 heavy (non-hydrogen) atoms. The summed E-state index contributed by atoms with van der Waals surface area (Å²) in [6, 6.07) is 6.42. The molecule has 2 rings (SSSR count). The largest absolute Gasteiger partial charge is 0.465 e. The van der Waals surface area contributed by atoms with E-state index in [-0.39, 0.29) is 17.1 Å². The molecule has 116 valence electrons. The zero-order valence-electron chi connectivity index (χ0n) is 12.0. The van der Waals surface area contributed by atoms with Crippen molar-refractivity contribution in [1.82, 2.24) is 0 Å². The first-order valence-corrected chi connectivity index (χ1v) is 8.26. The summed E-state index contributed by atoms with van der Waals surface area (Å²) in [5.74, 6) is -0.453. The van der Waals surface area contributed by atoms with E-state index in [2.05, 4.69) is 15.0 Å². The van der Waals surface area contributed by atoms with Crippen LogP contribution in [0.1, 0.15) is 17.3 Å². The third-order valence-corrected chi connectivity index (χ3v) is 4.99. The number of hydrogen-bond acceptors (Lipinski definition) is 6. The Morgan fingerprint density at radius 1 is 1.36 bits per heavy atom. The Hall–Kier alpha value is -1.80. The molecule has 0 saturated heterocycles.